The minimum Gasteiger partial charge on any atom is -0.362 e. The molecule has 1 aromatic carbocycles. The number of benzene rings is 1. The summed E-state index contributed by atoms with van der Waals surface area (Å²) < 4.78 is 0. The van der Waals surface area contributed by atoms with Crippen molar-refractivity contribution in [1.82, 2.24) is 0 Å². The van der Waals surface area contributed by atoms with E-state index < -0.39 is 0 Å². The van der Waals surface area contributed by atoms with Crippen LogP contribution >= 0.6 is 11.6 Å². The van der Waals surface area contributed by atoms with Crippen LogP contribution < -0.4 is 0 Å². The summed E-state index contributed by atoms with van der Waals surface area (Å²) >= 11 is 5.98. The van der Waals surface area contributed by atoms with Crippen molar-refractivity contribution in [3.63, 3.8) is 0 Å². The molecular weight excluding hydrogens is 222 g/mol. The zero-order chi connectivity index (χ0) is 11.2. The van der Waals surface area contributed by atoms with Gasteiger partial charge in [0.25, 0.3) is 0 Å². The zero-order valence-electron chi connectivity index (χ0n) is 9.03. The van der Waals surface area contributed by atoms with E-state index in [9.17, 15) is 0 Å². The van der Waals surface area contributed by atoms with Crippen molar-refractivity contribution >= 4 is 17.8 Å². The zero-order valence-corrected chi connectivity index (χ0v) is 9.78. The van der Waals surface area contributed by atoms with Crippen molar-refractivity contribution in [3.05, 3.63) is 46.7 Å². The Kier molecular flexibility index (Phi) is 4.00. The third-order valence-corrected chi connectivity index (χ3v) is 2.86. The molecule has 0 saturated heterocycles. The Morgan fingerprint density at radius 1 is 1.25 bits per heavy atom. The van der Waals surface area contributed by atoms with Crippen LogP contribution in [0.15, 0.2) is 41.3 Å². The largest absolute Gasteiger partial charge is 0.362 e. The van der Waals surface area contributed by atoms with Gasteiger partial charge in [-0.3, -0.25) is 0 Å². The second-order valence-electron chi connectivity index (χ2n) is 3.76. The molecule has 0 atom stereocenters. The quantitative estimate of drug-likeness (QED) is 0.570. The van der Waals surface area contributed by atoms with E-state index in [1.807, 2.05) is 24.3 Å². The van der Waals surface area contributed by atoms with Gasteiger partial charge in [-0.1, -0.05) is 35.0 Å². The predicted octanol–water partition coefficient (Wildman–Crippen LogP) is 4.15. The second-order valence-corrected chi connectivity index (χ2v) is 4.17. The van der Waals surface area contributed by atoms with Crippen LogP contribution in [0.5, 0.6) is 0 Å². The van der Waals surface area contributed by atoms with Crippen LogP contribution in [0.1, 0.15) is 31.2 Å². The molecule has 0 heterocycles. The lowest BCUT2D eigenvalue weighted by atomic mass is 10.1. The summed E-state index contributed by atoms with van der Waals surface area (Å²) in [7, 11) is 0. The van der Waals surface area contributed by atoms with Crippen molar-refractivity contribution < 1.29 is 4.84 Å². The van der Waals surface area contributed by atoms with Crippen molar-refractivity contribution in [2.75, 3.05) is 0 Å². The normalized spacial score (nSPS) is 16.2. The molecule has 0 aromatic heterocycles. The van der Waals surface area contributed by atoms with E-state index in [0.717, 1.165) is 24.2 Å². The van der Waals surface area contributed by atoms with Crippen LogP contribution in [0.25, 0.3) is 0 Å². The summed E-state index contributed by atoms with van der Waals surface area (Å²) in [4.78, 5) is 5.31. The standard InChI is InChI=1S/C13H14ClNO/c14-13-9-5-4-6-11(13)10-15-16-12-7-2-1-3-8-12/h4-7,9-10H,1-3,8H2. The third-order valence-electron chi connectivity index (χ3n) is 2.52. The van der Waals surface area contributed by atoms with E-state index in [0.29, 0.717) is 5.02 Å². The Morgan fingerprint density at radius 3 is 2.88 bits per heavy atom. The Labute approximate surface area is 101 Å². The minimum absolute atomic E-state index is 0.687. The highest BCUT2D eigenvalue weighted by Gasteiger charge is 2.03. The maximum atomic E-state index is 5.98. The van der Waals surface area contributed by atoms with E-state index in [1.54, 1.807) is 6.21 Å². The molecule has 2 nitrogen and oxygen atoms in total. The van der Waals surface area contributed by atoms with Crippen molar-refractivity contribution in [1.29, 1.82) is 0 Å². The Hall–Kier alpha value is -1.28. The summed E-state index contributed by atoms with van der Waals surface area (Å²) in [6.45, 7) is 0. The van der Waals surface area contributed by atoms with Gasteiger partial charge in [0.1, 0.15) is 5.76 Å². The first-order valence-corrected chi connectivity index (χ1v) is 5.88. The minimum atomic E-state index is 0.687. The number of hydrogen-bond donors (Lipinski definition) is 0. The van der Waals surface area contributed by atoms with E-state index >= 15 is 0 Å². The molecule has 1 aromatic rings. The second kappa shape index (κ2) is 5.71. The number of nitrogens with zero attached hydrogens (tertiary/aromatic N) is 1. The molecule has 0 unspecified atom stereocenters. The van der Waals surface area contributed by atoms with Gasteiger partial charge in [0.05, 0.1) is 6.21 Å². The van der Waals surface area contributed by atoms with Gasteiger partial charge in [-0.2, -0.15) is 0 Å². The highest BCUT2D eigenvalue weighted by atomic mass is 35.5. The average molecular weight is 236 g/mol. The molecule has 16 heavy (non-hydrogen) atoms. The van der Waals surface area contributed by atoms with Gasteiger partial charge < -0.3 is 4.84 Å². The number of allylic oxidation sites excluding steroid dienone is 2. The molecule has 1 aliphatic carbocycles. The van der Waals surface area contributed by atoms with Crippen LogP contribution in [0.3, 0.4) is 0 Å². The van der Waals surface area contributed by atoms with E-state index in [2.05, 4.69) is 11.2 Å². The first-order chi connectivity index (χ1) is 7.86. The molecule has 0 bridgehead atoms. The van der Waals surface area contributed by atoms with Crippen LogP contribution in [-0.2, 0) is 4.84 Å². The number of rotatable bonds is 3. The topological polar surface area (TPSA) is 21.6 Å². The molecule has 0 saturated carbocycles. The lowest BCUT2D eigenvalue weighted by Gasteiger charge is -2.09. The molecule has 0 aliphatic heterocycles. The monoisotopic (exact) mass is 235 g/mol. The number of hydrogen-bond acceptors (Lipinski definition) is 2. The van der Waals surface area contributed by atoms with E-state index in [1.165, 1.54) is 12.8 Å². The summed E-state index contributed by atoms with van der Waals surface area (Å²) in [5.74, 6) is 0.967. The smallest absolute Gasteiger partial charge is 0.131 e. The first kappa shape index (κ1) is 11.2. The van der Waals surface area contributed by atoms with Gasteiger partial charge >= 0.3 is 0 Å². The van der Waals surface area contributed by atoms with Crippen LogP contribution in [-0.4, -0.2) is 6.21 Å². The van der Waals surface area contributed by atoms with E-state index in [4.69, 9.17) is 16.4 Å². The molecule has 0 N–H and O–H groups in total. The lowest BCUT2D eigenvalue weighted by molar-refractivity contribution is 0.210. The molecule has 0 spiro atoms. The summed E-state index contributed by atoms with van der Waals surface area (Å²) in [5.41, 5.74) is 0.876. The van der Waals surface area contributed by atoms with Gasteiger partial charge in [0, 0.05) is 17.0 Å². The Bertz CT molecular complexity index is 412. The molecule has 0 fully saturated rings. The molecule has 0 radical (unpaired) electrons. The summed E-state index contributed by atoms with van der Waals surface area (Å²) in [5, 5.41) is 4.64. The molecule has 1 aliphatic rings. The van der Waals surface area contributed by atoms with Crippen LogP contribution in [0.4, 0.5) is 0 Å². The van der Waals surface area contributed by atoms with Gasteiger partial charge in [-0.15, -0.1) is 0 Å². The third kappa shape index (κ3) is 3.11. The Balaban J connectivity index is 1.94. The highest BCUT2D eigenvalue weighted by Crippen LogP contribution is 2.18. The summed E-state index contributed by atoms with van der Waals surface area (Å²) in [6, 6.07) is 7.56. The highest BCUT2D eigenvalue weighted by molar-refractivity contribution is 6.33. The summed E-state index contributed by atoms with van der Waals surface area (Å²) in [6.07, 6.45) is 8.27. The molecule has 3 heteroatoms. The first-order valence-electron chi connectivity index (χ1n) is 5.50. The fraction of sp³-hybridized carbons (Fsp3) is 0.308. The van der Waals surface area contributed by atoms with Crippen molar-refractivity contribution in [3.8, 4) is 0 Å². The van der Waals surface area contributed by atoms with Crippen LogP contribution in [0, 0.1) is 0 Å². The SMILES string of the molecule is Clc1ccccc1C=NOC1=CCCCC1. The fourth-order valence-corrected chi connectivity index (χ4v) is 1.81. The molecule has 84 valence electrons. The van der Waals surface area contributed by atoms with Gasteiger partial charge in [0.2, 0.25) is 0 Å². The molecular formula is C13H14ClNO. The number of oxime groups is 1. The van der Waals surface area contributed by atoms with Gasteiger partial charge in [-0.25, -0.2) is 0 Å². The lowest BCUT2D eigenvalue weighted by Crippen LogP contribution is -1.93. The van der Waals surface area contributed by atoms with Gasteiger partial charge in [0.15, 0.2) is 0 Å². The maximum Gasteiger partial charge on any atom is 0.131 e. The van der Waals surface area contributed by atoms with Crippen molar-refractivity contribution in [2.24, 2.45) is 5.16 Å². The fourth-order valence-electron chi connectivity index (χ4n) is 1.62. The number of halogens is 1. The molecule has 0 amide bonds. The van der Waals surface area contributed by atoms with Crippen LogP contribution in [0.2, 0.25) is 5.02 Å². The Morgan fingerprint density at radius 2 is 2.12 bits per heavy atom. The maximum absolute atomic E-state index is 5.98. The average Bonchev–Trinajstić information content (AvgIpc) is 2.33. The predicted molar refractivity (Wildman–Crippen MR) is 66.7 cm³/mol. The molecule has 2 rings (SSSR count). The van der Waals surface area contributed by atoms with Gasteiger partial charge in [-0.05, 0) is 31.4 Å². The van der Waals surface area contributed by atoms with E-state index in [-0.39, 0.29) is 0 Å². The van der Waals surface area contributed by atoms with Crippen molar-refractivity contribution in [2.45, 2.75) is 25.7 Å².